The molecular formula is C16H25N. The molecule has 1 N–H and O–H groups in total. The first-order valence-corrected chi connectivity index (χ1v) is 6.98. The van der Waals surface area contributed by atoms with Crippen LogP contribution in [-0.4, -0.2) is 6.04 Å². The van der Waals surface area contributed by atoms with Crippen molar-refractivity contribution < 1.29 is 0 Å². The predicted molar refractivity (Wildman–Crippen MR) is 74.1 cm³/mol. The third-order valence-corrected chi connectivity index (χ3v) is 4.10. The Morgan fingerprint density at radius 2 is 1.94 bits per heavy atom. The largest absolute Gasteiger partial charge is 0.308 e. The first-order chi connectivity index (χ1) is 8.16. The van der Waals surface area contributed by atoms with Crippen LogP contribution in [0.25, 0.3) is 0 Å². The highest BCUT2D eigenvalue weighted by molar-refractivity contribution is 5.28. The summed E-state index contributed by atoms with van der Waals surface area (Å²) in [5.74, 6) is 0.988. The van der Waals surface area contributed by atoms with Crippen molar-refractivity contribution in [3.63, 3.8) is 0 Å². The Kier molecular flexibility index (Phi) is 4.22. The third-order valence-electron chi connectivity index (χ3n) is 4.10. The van der Waals surface area contributed by atoms with E-state index in [1.807, 2.05) is 0 Å². The summed E-state index contributed by atoms with van der Waals surface area (Å²) >= 11 is 0. The number of hydrogen-bond acceptors (Lipinski definition) is 1. The first kappa shape index (κ1) is 12.6. The molecule has 0 radical (unpaired) electrons. The molecule has 0 aromatic heterocycles. The van der Waals surface area contributed by atoms with Crippen molar-refractivity contribution in [1.82, 2.24) is 5.32 Å². The molecule has 1 saturated carbocycles. The highest BCUT2D eigenvalue weighted by atomic mass is 14.9. The Morgan fingerprint density at radius 1 is 1.24 bits per heavy atom. The van der Waals surface area contributed by atoms with Gasteiger partial charge < -0.3 is 5.32 Å². The van der Waals surface area contributed by atoms with E-state index < -0.39 is 0 Å². The molecule has 0 aliphatic heterocycles. The van der Waals surface area contributed by atoms with E-state index in [0.29, 0.717) is 12.1 Å². The SMILES string of the molecule is Cc1ccccc1C(C)NC(C)CC1CCC1. The summed E-state index contributed by atoms with van der Waals surface area (Å²) in [6.45, 7) is 6.80. The Labute approximate surface area is 106 Å². The van der Waals surface area contributed by atoms with E-state index in [-0.39, 0.29) is 0 Å². The van der Waals surface area contributed by atoms with Gasteiger partial charge in [-0.05, 0) is 44.2 Å². The zero-order valence-electron chi connectivity index (χ0n) is 11.4. The van der Waals surface area contributed by atoms with Gasteiger partial charge in [0, 0.05) is 12.1 Å². The lowest BCUT2D eigenvalue weighted by Crippen LogP contribution is -2.32. The number of aryl methyl sites for hydroxylation is 1. The second-order valence-corrected chi connectivity index (χ2v) is 5.68. The number of nitrogens with one attached hydrogen (secondary N) is 1. The summed E-state index contributed by atoms with van der Waals surface area (Å²) in [5.41, 5.74) is 2.83. The number of rotatable bonds is 5. The van der Waals surface area contributed by atoms with Crippen LogP contribution < -0.4 is 5.32 Å². The van der Waals surface area contributed by atoms with Crippen LogP contribution in [0, 0.1) is 12.8 Å². The van der Waals surface area contributed by atoms with E-state index in [4.69, 9.17) is 0 Å². The lowest BCUT2D eigenvalue weighted by atomic mass is 9.81. The van der Waals surface area contributed by atoms with Crippen LogP contribution in [0.3, 0.4) is 0 Å². The van der Waals surface area contributed by atoms with Gasteiger partial charge in [-0.15, -0.1) is 0 Å². The molecular weight excluding hydrogens is 206 g/mol. The van der Waals surface area contributed by atoms with Crippen LogP contribution in [0.4, 0.5) is 0 Å². The number of hydrogen-bond donors (Lipinski definition) is 1. The van der Waals surface area contributed by atoms with Crippen molar-refractivity contribution >= 4 is 0 Å². The molecule has 1 aliphatic carbocycles. The molecule has 1 fully saturated rings. The van der Waals surface area contributed by atoms with E-state index >= 15 is 0 Å². The van der Waals surface area contributed by atoms with Gasteiger partial charge in [-0.3, -0.25) is 0 Å². The summed E-state index contributed by atoms with van der Waals surface area (Å²) in [5, 5.41) is 3.74. The molecule has 0 amide bonds. The van der Waals surface area contributed by atoms with Gasteiger partial charge in [-0.25, -0.2) is 0 Å². The van der Waals surface area contributed by atoms with Gasteiger partial charge in [-0.1, -0.05) is 43.5 Å². The molecule has 1 heteroatoms. The van der Waals surface area contributed by atoms with Crippen molar-refractivity contribution in [2.45, 2.75) is 58.5 Å². The van der Waals surface area contributed by atoms with Gasteiger partial charge in [0.05, 0.1) is 0 Å². The van der Waals surface area contributed by atoms with Crippen molar-refractivity contribution in [2.75, 3.05) is 0 Å². The quantitative estimate of drug-likeness (QED) is 0.800. The predicted octanol–water partition coefficient (Wildman–Crippen LogP) is 4.22. The minimum Gasteiger partial charge on any atom is -0.308 e. The maximum absolute atomic E-state index is 3.74. The Balaban J connectivity index is 1.87. The average molecular weight is 231 g/mol. The Morgan fingerprint density at radius 3 is 2.53 bits per heavy atom. The monoisotopic (exact) mass is 231 g/mol. The molecule has 1 nitrogen and oxygen atoms in total. The molecule has 1 aromatic rings. The summed E-state index contributed by atoms with van der Waals surface area (Å²) in [4.78, 5) is 0. The molecule has 94 valence electrons. The van der Waals surface area contributed by atoms with Gasteiger partial charge >= 0.3 is 0 Å². The summed E-state index contributed by atoms with van der Waals surface area (Å²) in [7, 11) is 0. The molecule has 2 atom stereocenters. The van der Waals surface area contributed by atoms with Gasteiger partial charge in [0.15, 0.2) is 0 Å². The minimum absolute atomic E-state index is 0.464. The molecule has 0 bridgehead atoms. The summed E-state index contributed by atoms with van der Waals surface area (Å²) in [6.07, 6.45) is 5.69. The van der Waals surface area contributed by atoms with Crippen molar-refractivity contribution in [3.05, 3.63) is 35.4 Å². The van der Waals surface area contributed by atoms with Crippen LogP contribution in [-0.2, 0) is 0 Å². The minimum atomic E-state index is 0.464. The fraction of sp³-hybridized carbons (Fsp3) is 0.625. The van der Waals surface area contributed by atoms with Crippen LogP contribution in [0.2, 0.25) is 0 Å². The average Bonchev–Trinajstić information content (AvgIpc) is 2.24. The zero-order chi connectivity index (χ0) is 12.3. The molecule has 0 saturated heterocycles. The molecule has 17 heavy (non-hydrogen) atoms. The number of benzene rings is 1. The van der Waals surface area contributed by atoms with Crippen LogP contribution >= 0.6 is 0 Å². The van der Waals surface area contributed by atoms with Gasteiger partial charge in [0.1, 0.15) is 0 Å². The van der Waals surface area contributed by atoms with E-state index in [1.54, 1.807) is 0 Å². The van der Waals surface area contributed by atoms with E-state index in [0.717, 1.165) is 5.92 Å². The van der Waals surface area contributed by atoms with Gasteiger partial charge in [-0.2, -0.15) is 0 Å². The second kappa shape index (κ2) is 5.68. The molecule has 0 spiro atoms. The van der Waals surface area contributed by atoms with Gasteiger partial charge in [0.25, 0.3) is 0 Å². The lowest BCUT2D eigenvalue weighted by molar-refractivity contribution is 0.259. The Bertz CT molecular complexity index is 354. The highest BCUT2D eigenvalue weighted by Crippen LogP contribution is 2.31. The summed E-state index contributed by atoms with van der Waals surface area (Å²) < 4.78 is 0. The maximum atomic E-state index is 3.74. The topological polar surface area (TPSA) is 12.0 Å². The third kappa shape index (κ3) is 3.32. The van der Waals surface area contributed by atoms with Crippen LogP contribution in [0.1, 0.15) is 56.7 Å². The highest BCUT2D eigenvalue weighted by Gasteiger charge is 2.21. The standard InChI is InChI=1S/C16H25N/c1-12-7-4-5-10-16(12)14(3)17-13(2)11-15-8-6-9-15/h4-5,7,10,13-15,17H,6,8-9,11H2,1-3H3. The van der Waals surface area contributed by atoms with Crippen molar-refractivity contribution in [2.24, 2.45) is 5.92 Å². The maximum Gasteiger partial charge on any atom is 0.0296 e. The lowest BCUT2D eigenvalue weighted by Gasteiger charge is -2.30. The Hall–Kier alpha value is -0.820. The molecule has 1 aliphatic rings. The van der Waals surface area contributed by atoms with Crippen molar-refractivity contribution in [1.29, 1.82) is 0 Å². The fourth-order valence-corrected chi connectivity index (χ4v) is 2.89. The smallest absolute Gasteiger partial charge is 0.0296 e. The van der Waals surface area contributed by atoms with E-state index in [2.05, 4.69) is 50.4 Å². The fourth-order valence-electron chi connectivity index (χ4n) is 2.89. The summed E-state index contributed by atoms with van der Waals surface area (Å²) in [6, 6.07) is 9.79. The normalized spacial score (nSPS) is 19.7. The first-order valence-electron chi connectivity index (χ1n) is 6.98. The molecule has 2 rings (SSSR count). The second-order valence-electron chi connectivity index (χ2n) is 5.68. The van der Waals surface area contributed by atoms with Crippen molar-refractivity contribution in [3.8, 4) is 0 Å². The van der Waals surface area contributed by atoms with Crippen LogP contribution in [0.15, 0.2) is 24.3 Å². The van der Waals surface area contributed by atoms with Gasteiger partial charge in [0.2, 0.25) is 0 Å². The van der Waals surface area contributed by atoms with Crippen LogP contribution in [0.5, 0.6) is 0 Å². The van der Waals surface area contributed by atoms with E-state index in [9.17, 15) is 0 Å². The molecule has 1 aromatic carbocycles. The molecule has 0 heterocycles. The van der Waals surface area contributed by atoms with E-state index in [1.165, 1.54) is 36.8 Å². The zero-order valence-corrected chi connectivity index (χ0v) is 11.4. The molecule has 2 unspecified atom stereocenters.